The molecular formula is C10H19NO7S. The van der Waals surface area contributed by atoms with Gasteiger partial charge in [-0.25, -0.2) is 13.2 Å². The third kappa shape index (κ3) is 10.4. The van der Waals surface area contributed by atoms with Gasteiger partial charge in [-0.3, -0.25) is 4.79 Å². The molecule has 0 aromatic heterocycles. The summed E-state index contributed by atoms with van der Waals surface area (Å²) in [5, 5.41) is 11.1. The van der Waals surface area contributed by atoms with Crippen LogP contribution in [0.2, 0.25) is 0 Å². The minimum absolute atomic E-state index is 0.183. The molecule has 0 fully saturated rings. The summed E-state index contributed by atoms with van der Waals surface area (Å²) < 4.78 is 31.5. The molecule has 9 heteroatoms. The smallest absolute Gasteiger partial charge is 0.326 e. The van der Waals surface area contributed by atoms with Crippen LogP contribution in [0.25, 0.3) is 0 Å². The Morgan fingerprint density at radius 3 is 2.42 bits per heavy atom. The minimum Gasteiger partial charge on any atom is -0.480 e. The van der Waals surface area contributed by atoms with E-state index in [0.717, 1.165) is 6.26 Å². The summed E-state index contributed by atoms with van der Waals surface area (Å²) in [5.41, 5.74) is 0. The Morgan fingerprint density at radius 1 is 1.32 bits per heavy atom. The van der Waals surface area contributed by atoms with E-state index in [4.69, 9.17) is 14.6 Å². The van der Waals surface area contributed by atoms with E-state index in [9.17, 15) is 18.0 Å². The number of ether oxygens (including phenoxy) is 2. The summed E-state index contributed by atoms with van der Waals surface area (Å²) in [6, 6.07) is -1.24. The van der Waals surface area contributed by atoms with Crippen LogP contribution in [0, 0.1) is 0 Å². The Hall–Kier alpha value is -1.19. The highest BCUT2D eigenvalue weighted by molar-refractivity contribution is 7.90. The molecule has 1 unspecified atom stereocenters. The van der Waals surface area contributed by atoms with Crippen molar-refractivity contribution in [2.45, 2.75) is 12.5 Å². The fourth-order valence-electron chi connectivity index (χ4n) is 1.13. The van der Waals surface area contributed by atoms with Gasteiger partial charge in [-0.2, -0.15) is 0 Å². The highest BCUT2D eigenvalue weighted by atomic mass is 32.2. The maximum atomic E-state index is 11.4. The first kappa shape index (κ1) is 17.8. The maximum Gasteiger partial charge on any atom is 0.326 e. The van der Waals surface area contributed by atoms with Gasteiger partial charge in [0.25, 0.3) is 0 Å². The molecule has 0 spiro atoms. The predicted molar refractivity (Wildman–Crippen MR) is 66.6 cm³/mol. The van der Waals surface area contributed by atoms with Gasteiger partial charge in [0.15, 0.2) is 0 Å². The summed E-state index contributed by atoms with van der Waals surface area (Å²) in [4.78, 5) is 22.2. The second kappa shape index (κ2) is 8.83. The first-order valence-electron chi connectivity index (χ1n) is 5.53. The number of sulfone groups is 1. The maximum absolute atomic E-state index is 11.4. The monoisotopic (exact) mass is 297 g/mol. The van der Waals surface area contributed by atoms with Gasteiger partial charge in [-0.15, -0.1) is 0 Å². The van der Waals surface area contributed by atoms with Crippen LogP contribution in [0.15, 0.2) is 0 Å². The lowest BCUT2D eigenvalue weighted by Crippen LogP contribution is -2.43. The molecular weight excluding hydrogens is 278 g/mol. The third-order valence-electron chi connectivity index (χ3n) is 2.08. The van der Waals surface area contributed by atoms with Crippen LogP contribution in [-0.2, 0) is 28.9 Å². The Balaban J connectivity index is 4.12. The Morgan fingerprint density at radius 2 is 1.95 bits per heavy atom. The zero-order chi connectivity index (χ0) is 14.9. The lowest BCUT2D eigenvalue weighted by Gasteiger charge is -2.14. The lowest BCUT2D eigenvalue weighted by atomic mass is 10.2. The highest BCUT2D eigenvalue weighted by Gasteiger charge is 2.21. The Labute approximate surface area is 112 Å². The van der Waals surface area contributed by atoms with E-state index in [2.05, 4.69) is 5.32 Å². The lowest BCUT2D eigenvalue weighted by molar-refractivity contribution is -0.142. The van der Waals surface area contributed by atoms with E-state index in [0.29, 0.717) is 6.61 Å². The normalized spacial score (nSPS) is 12.9. The topological polar surface area (TPSA) is 119 Å². The predicted octanol–water partition coefficient (Wildman–Crippen LogP) is -1.35. The number of amides is 1. The first-order chi connectivity index (χ1) is 8.76. The van der Waals surface area contributed by atoms with Crippen molar-refractivity contribution < 1.29 is 32.6 Å². The number of carboxylic acids is 1. The van der Waals surface area contributed by atoms with Crippen LogP contribution in [0.3, 0.4) is 0 Å². The highest BCUT2D eigenvalue weighted by Crippen LogP contribution is 1.97. The van der Waals surface area contributed by atoms with Crippen molar-refractivity contribution in [2.75, 3.05) is 38.9 Å². The molecule has 1 atom stereocenters. The summed E-state index contributed by atoms with van der Waals surface area (Å²) >= 11 is 0. The number of hydrogen-bond acceptors (Lipinski definition) is 6. The van der Waals surface area contributed by atoms with E-state index < -0.39 is 27.8 Å². The molecule has 0 aliphatic carbocycles. The quantitative estimate of drug-likeness (QED) is 0.479. The summed E-state index contributed by atoms with van der Waals surface area (Å²) in [7, 11) is -1.79. The summed E-state index contributed by atoms with van der Waals surface area (Å²) in [6.45, 7) is 0.237. The number of rotatable bonds is 10. The van der Waals surface area contributed by atoms with Crippen molar-refractivity contribution in [3.05, 3.63) is 0 Å². The molecule has 19 heavy (non-hydrogen) atoms. The summed E-state index contributed by atoms with van der Waals surface area (Å²) in [5.74, 6) is -2.21. The van der Waals surface area contributed by atoms with Crippen LogP contribution in [0.1, 0.15) is 6.42 Å². The molecule has 0 aromatic rings. The zero-order valence-electron chi connectivity index (χ0n) is 10.9. The molecule has 1 amide bonds. The van der Waals surface area contributed by atoms with Gasteiger partial charge >= 0.3 is 5.97 Å². The van der Waals surface area contributed by atoms with E-state index >= 15 is 0 Å². The van der Waals surface area contributed by atoms with Gasteiger partial charge in [0, 0.05) is 13.4 Å². The van der Waals surface area contributed by atoms with Gasteiger partial charge in [-0.05, 0) is 6.42 Å². The fraction of sp³-hybridized carbons (Fsp3) is 0.800. The molecule has 0 radical (unpaired) electrons. The molecule has 0 aliphatic rings. The van der Waals surface area contributed by atoms with Crippen molar-refractivity contribution in [2.24, 2.45) is 0 Å². The average molecular weight is 297 g/mol. The van der Waals surface area contributed by atoms with Gasteiger partial charge in [0.1, 0.15) is 22.5 Å². The van der Waals surface area contributed by atoms with Crippen molar-refractivity contribution in [1.29, 1.82) is 0 Å². The number of carboxylic acid groups (broad SMARTS) is 1. The Bertz CT molecular complexity index is 393. The van der Waals surface area contributed by atoms with Crippen molar-refractivity contribution in [3.8, 4) is 0 Å². The van der Waals surface area contributed by atoms with Crippen molar-refractivity contribution in [1.82, 2.24) is 5.32 Å². The fourth-order valence-corrected chi connectivity index (χ4v) is 1.80. The van der Waals surface area contributed by atoms with Crippen LogP contribution >= 0.6 is 0 Å². The van der Waals surface area contributed by atoms with Gasteiger partial charge in [-0.1, -0.05) is 0 Å². The zero-order valence-corrected chi connectivity index (χ0v) is 11.7. The molecule has 0 aromatic carbocycles. The number of carbonyl (C=O) groups excluding carboxylic acids is 1. The molecule has 0 heterocycles. The van der Waals surface area contributed by atoms with E-state index in [-0.39, 0.29) is 25.4 Å². The van der Waals surface area contributed by atoms with Gasteiger partial charge in [0.05, 0.1) is 19.0 Å². The van der Waals surface area contributed by atoms with Crippen LogP contribution < -0.4 is 5.32 Å². The van der Waals surface area contributed by atoms with Gasteiger partial charge < -0.3 is 19.9 Å². The molecule has 0 saturated heterocycles. The second-order valence-corrected chi connectivity index (χ2v) is 6.18. The number of nitrogens with one attached hydrogen (secondary N) is 1. The molecule has 0 rings (SSSR count). The molecule has 112 valence electrons. The van der Waals surface area contributed by atoms with E-state index in [1.807, 2.05) is 0 Å². The van der Waals surface area contributed by atoms with Crippen molar-refractivity contribution >= 4 is 21.7 Å². The Kier molecular flexibility index (Phi) is 8.28. The molecule has 2 N–H and O–H groups in total. The number of aliphatic carboxylic acids is 1. The molecule has 0 bridgehead atoms. The van der Waals surface area contributed by atoms with E-state index in [1.165, 1.54) is 7.11 Å². The molecule has 8 nitrogen and oxygen atoms in total. The van der Waals surface area contributed by atoms with Gasteiger partial charge in [0.2, 0.25) is 5.91 Å². The van der Waals surface area contributed by atoms with Crippen LogP contribution in [0.4, 0.5) is 0 Å². The van der Waals surface area contributed by atoms with Crippen LogP contribution in [-0.4, -0.2) is 70.4 Å². The molecule has 0 saturated carbocycles. The first-order valence-corrected chi connectivity index (χ1v) is 7.59. The number of hydrogen-bond donors (Lipinski definition) is 2. The molecule has 0 aliphatic heterocycles. The largest absolute Gasteiger partial charge is 0.480 e. The number of methoxy groups -OCH3 is 1. The summed E-state index contributed by atoms with van der Waals surface area (Å²) in [6.07, 6.45) is 0.819. The number of carbonyl (C=O) groups is 2. The van der Waals surface area contributed by atoms with Crippen molar-refractivity contribution in [3.63, 3.8) is 0 Å². The SMILES string of the molecule is COCCOCC(=O)NC(CCS(C)(=O)=O)C(=O)O. The average Bonchev–Trinajstić information content (AvgIpc) is 2.28. The van der Waals surface area contributed by atoms with Crippen LogP contribution in [0.5, 0.6) is 0 Å². The minimum atomic E-state index is -3.28. The second-order valence-electron chi connectivity index (χ2n) is 3.92. The van der Waals surface area contributed by atoms with E-state index in [1.54, 1.807) is 0 Å². The standard InChI is InChI=1S/C10H19NO7S/c1-17-4-5-18-7-9(12)11-8(10(13)14)3-6-19(2,15)16/h8H,3-7H2,1-2H3,(H,11,12)(H,13,14). The third-order valence-corrected chi connectivity index (χ3v) is 3.05.